The lowest BCUT2D eigenvalue weighted by Gasteiger charge is -2.11. The number of furan rings is 1. The van der Waals surface area contributed by atoms with E-state index in [2.05, 4.69) is 16.4 Å². The van der Waals surface area contributed by atoms with E-state index in [9.17, 15) is 0 Å². The molecule has 0 aliphatic carbocycles. The van der Waals surface area contributed by atoms with E-state index >= 15 is 0 Å². The first-order chi connectivity index (χ1) is 9.34. The maximum absolute atomic E-state index is 5.43. The van der Waals surface area contributed by atoms with Gasteiger partial charge in [0.15, 0.2) is 0 Å². The second-order valence-electron chi connectivity index (χ2n) is 4.37. The molecule has 0 saturated carbocycles. The number of rotatable bonds is 4. The molecule has 2 aromatic heterocycles. The third-order valence-corrected chi connectivity index (χ3v) is 3.09. The molecular formula is C15H15N3O. The number of benzene rings is 1. The number of hydrogen-bond donors (Lipinski definition) is 1. The van der Waals surface area contributed by atoms with Gasteiger partial charge in [-0.1, -0.05) is 12.1 Å². The molecule has 0 unspecified atom stereocenters. The first-order valence-corrected chi connectivity index (χ1v) is 6.19. The minimum atomic E-state index is 0.671. The van der Waals surface area contributed by atoms with Gasteiger partial charge in [0.1, 0.15) is 5.76 Å². The molecule has 3 rings (SSSR count). The highest BCUT2D eigenvalue weighted by Gasteiger charge is 2.05. The van der Waals surface area contributed by atoms with Crippen LogP contribution in [0.1, 0.15) is 11.3 Å². The molecule has 0 radical (unpaired) electrons. The summed E-state index contributed by atoms with van der Waals surface area (Å²) >= 11 is 0. The van der Waals surface area contributed by atoms with Gasteiger partial charge in [0.25, 0.3) is 0 Å². The minimum absolute atomic E-state index is 0.671. The van der Waals surface area contributed by atoms with E-state index in [1.807, 2.05) is 42.0 Å². The zero-order valence-electron chi connectivity index (χ0n) is 10.7. The third-order valence-electron chi connectivity index (χ3n) is 3.09. The van der Waals surface area contributed by atoms with Gasteiger partial charge >= 0.3 is 0 Å². The van der Waals surface area contributed by atoms with Crippen molar-refractivity contribution < 1.29 is 4.42 Å². The number of aromatic nitrogens is 2. The molecule has 0 aliphatic rings. The highest BCUT2D eigenvalue weighted by atomic mass is 16.3. The van der Waals surface area contributed by atoms with Crippen molar-refractivity contribution in [2.45, 2.75) is 13.5 Å². The van der Waals surface area contributed by atoms with Gasteiger partial charge in [0.2, 0.25) is 0 Å². The largest absolute Gasteiger partial charge is 0.467 e. The van der Waals surface area contributed by atoms with Gasteiger partial charge in [0.05, 0.1) is 30.5 Å². The average molecular weight is 253 g/mol. The standard InChI is InChI=1S/C15H15N3O/c1-12-6-9-19-15(12)10-17-13-4-2-3-5-14(13)18-8-7-16-11-18/h2-9,11,17H,10H2,1H3. The van der Waals surface area contributed by atoms with E-state index < -0.39 is 0 Å². The van der Waals surface area contributed by atoms with E-state index in [-0.39, 0.29) is 0 Å². The summed E-state index contributed by atoms with van der Waals surface area (Å²) in [5, 5.41) is 3.40. The van der Waals surface area contributed by atoms with Crippen LogP contribution in [0.2, 0.25) is 0 Å². The lowest BCUT2D eigenvalue weighted by atomic mass is 10.2. The summed E-state index contributed by atoms with van der Waals surface area (Å²) in [6.07, 6.45) is 7.21. The van der Waals surface area contributed by atoms with E-state index in [1.54, 1.807) is 18.8 Å². The Morgan fingerprint density at radius 2 is 2.16 bits per heavy atom. The molecule has 0 amide bonds. The molecule has 4 nitrogen and oxygen atoms in total. The smallest absolute Gasteiger partial charge is 0.125 e. The summed E-state index contributed by atoms with van der Waals surface area (Å²) in [6, 6.07) is 10.1. The lowest BCUT2D eigenvalue weighted by Crippen LogP contribution is -2.03. The van der Waals surface area contributed by atoms with Crippen molar-refractivity contribution in [1.82, 2.24) is 9.55 Å². The van der Waals surface area contributed by atoms with Crippen LogP contribution in [0.15, 0.2) is 59.7 Å². The SMILES string of the molecule is Cc1ccoc1CNc1ccccc1-n1ccnc1. The molecule has 0 bridgehead atoms. The number of anilines is 1. The van der Waals surface area contributed by atoms with Gasteiger partial charge in [-0.25, -0.2) is 4.98 Å². The van der Waals surface area contributed by atoms with Crippen LogP contribution < -0.4 is 5.32 Å². The molecule has 19 heavy (non-hydrogen) atoms. The molecular weight excluding hydrogens is 238 g/mol. The molecule has 4 heteroatoms. The van der Waals surface area contributed by atoms with Gasteiger partial charge in [-0.3, -0.25) is 0 Å². The predicted molar refractivity (Wildman–Crippen MR) is 74.3 cm³/mol. The maximum atomic E-state index is 5.43. The first kappa shape index (κ1) is 11.6. The maximum Gasteiger partial charge on any atom is 0.125 e. The number of para-hydroxylation sites is 2. The Bertz CT molecular complexity index is 656. The third kappa shape index (κ3) is 2.38. The Kier molecular flexibility index (Phi) is 3.06. The lowest BCUT2D eigenvalue weighted by molar-refractivity contribution is 0.515. The fourth-order valence-electron chi connectivity index (χ4n) is 2.01. The van der Waals surface area contributed by atoms with Crippen LogP contribution in [-0.4, -0.2) is 9.55 Å². The summed E-state index contributed by atoms with van der Waals surface area (Å²) in [5.41, 5.74) is 3.29. The van der Waals surface area contributed by atoms with Crippen LogP contribution in [0.25, 0.3) is 5.69 Å². The van der Waals surface area contributed by atoms with Crippen molar-refractivity contribution in [1.29, 1.82) is 0 Å². The summed E-state index contributed by atoms with van der Waals surface area (Å²) in [4.78, 5) is 4.08. The Morgan fingerprint density at radius 3 is 2.89 bits per heavy atom. The molecule has 0 saturated heterocycles. The molecule has 1 aromatic carbocycles. The van der Waals surface area contributed by atoms with E-state index in [1.165, 1.54) is 0 Å². The predicted octanol–water partition coefficient (Wildman–Crippen LogP) is 3.39. The molecule has 0 spiro atoms. The Balaban J connectivity index is 1.84. The van der Waals surface area contributed by atoms with Gasteiger partial charge < -0.3 is 14.3 Å². The summed E-state index contributed by atoms with van der Waals surface area (Å²) in [7, 11) is 0. The summed E-state index contributed by atoms with van der Waals surface area (Å²) in [6.45, 7) is 2.72. The molecule has 1 N–H and O–H groups in total. The second-order valence-corrected chi connectivity index (χ2v) is 4.37. The van der Waals surface area contributed by atoms with Gasteiger partial charge in [0, 0.05) is 12.4 Å². The molecule has 96 valence electrons. The van der Waals surface area contributed by atoms with Gasteiger partial charge in [-0.15, -0.1) is 0 Å². The molecule has 2 heterocycles. The molecule has 0 aliphatic heterocycles. The fraction of sp³-hybridized carbons (Fsp3) is 0.133. The number of nitrogens with zero attached hydrogens (tertiary/aromatic N) is 2. The van der Waals surface area contributed by atoms with Crippen LogP contribution >= 0.6 is 0 Å². The van der Waals surface area contributed by atoms with Crippen LogP contribution in [0, 0.1) is 6.92 Å². The fourth-order valence-corrected chi connectivity index (χ4v) is 2.01. The van der Waals surface area contributed by atoms with E-state index in [0.717, 1.165) is 22.7 Å². The van der Waals surface area contributed by atoms with Crippen LogP contribution in [0.3, 0.4) is 0 Å². The molecule has 3 aromatic rings. The highest BCUT2D eigenvalue weighted by Crippen LogP contribution is 2.21. The van der Waals surface area contributed by atoms with Gasteiger partial charge in [-0.05, 0) is 30.7 Å². The van der Waals surface area contributed by atoms with Gasteiger partial charge in [-0.2, -0.15) is 0 Å². The number of imidazole rings is 1. The Labute approximate surface area is 111 Å². The Hall–Kier alpha value is -2.49. The van der Waals surface area contributed by atoms with E-state index in [0.29, 0.717) is 6.54 Å². The van der Waals surface area contributed by atoms with Crippen molar-refractivity contribution >= 4 is 5.69 Å². The Morgan fingerprint density at radius 1 is 1.26 bits per heavy atom. The van der Waals surface area contributed by atoms with Crippen LogP contribution in [0.5, 0.6) is 0 Å². The van der Waals surface area contributed by atoms with Crippen molar-refractivity contribution in [3.8, 4) is 5.69 Å². The monoisotopic (exact) mass is 253 g/mol. The average Bonchev–Trinajstić information content (AvgIpc) is 3.08. The van der Waals surface area contributed by atoms with Crippen LogP contribution in [-0.2, 0) is 6.54 Å². The quantitative estimate of drug-likeness (QED) is 0.775. The highest BCUT2D eigenvalue weighted by molar-refractivity contribution is 5.61. The molecule has 0 fully saturated rings. The van der Waals surface area contributed by atoms with Crippen molar-refractivity contribution in [2.75, 3.05) is 5.32 Å². The zero-order chi connectivity index (χ0) is 13.1. The summed E-state index contributed by atoms with van der Waals surface area (Å²) in [5.74, 6) is 0.959. The van der Waals surface area contributed by atoms with Crippen molar-refractivity contribution in [2.24, 2.45) is 0 Å². The first-order valence-electron chi connectivity index (χ1n) is 6.19. The summed E-state index contributed by atoms with van der Waals surface area (Å²) < 4.78 is 7.42. The second kappa shape index (κ2) is 5.02. The molecule has 0 atom stereocenters. The van der Waals surface area contributed by atoms with Crippen molar-refractivity contribution in [3.63, 3.8) is 0 Å². The van der Waals surface area contributed by atoms with Crippen LogP contribution in [0.4, 0.5) is 5.69 Å². The number of hydrogen-bond acceptors (Lipinski definition) is 3. The normalized spacial score (nSPS) is 10.6. The number of nitrogens with one attached hydrogen (secondary N) is 1. The zero-order valence-corrected chi connectivity index (χ0v) is 10.7. The minimum Gasteiger partial charge on any atom is -0.467 e. The topological polar surface area (TPSA) is 43.0 Å². The number of aryl methyl sites for hydroxylation is 1. The van der Waals surface area contributed by atoms with Crippen molar-refractivity contribution in [3.05, 3.63) is 66.6 Å². The van der Waals surface area contributed by atoms with E-state index in [4.69, 9.17) is 4.42 Å².